The van der Waals surface area contributed by atoms with Crippen molar-refractivity contribution in [1.29, 1.82) is 0 Å². The van der Waals surface area contributed by atoms with Gasteiger partial charge in [0.15, 0.2) is 17.3 Å². The standard InChI is InChI=1S/C16H10O10/c17-13(8-2-1-3-10(6-8)24-14(18)19)9-4-5-11(25-15(20)21)12(7-9)26-16(22)23/h1-7H,(H,18,19)(H,20,21)(H,22,23). The molecule has 3 N–H and O–H groups in total. The Morgan fingerprint density at radius 3 is 1.85 bits per heavy atom. The van der Waals surface area contributed by atoms with Gasteiger partial charge < -0.3 is 29.5 Å². The number of carbonyl (C=O) groups excluding carboxylic acids is 1. The first-order chi connectivity index (χ1) is 12.3. The van der Waals surface area contributed by atoms with Crippen LogP contribution >= 0.6 is 0 Å². The van der Waals surface area contributed by atoms with E-state index in [0.29, 0.717) is 0 Å². The van der Waals surface area contributed by atoms with E-state index in [2.05, 4.69) is 14.2 Å². The van der Waals surface area contributed by atoms with Crippen LogP contribution in [0.25, 0.3) is 0 Å². The number of hydrogen-bond donors (Lipinski definition) is 3. The molecule has 10 nitrogen and oxygen atoms in total. The highest BCUT2D eigenvalue weighted by Crippen LogP contribution is 2.30. The van der Waals surface area contributed by atoms with E-state index in [9.17, 15) is 19.2 Å². The number of benzene rings is 2. The highest BCUT2D eigenvalue weighted by molar-refractivity contribution is 6.09. The van der Waals surface area contributed by atoms with Gasteiger partial charge in [-0.3, -0.25) is 4.79 Å². The molecule has 0 unspecified atom stereocenters. The Balaban J connectivity index is 2.38. The molecule has 0 saturated heterocycles. The van der Waals surface area contributed by atoms with Crippen molar-refractivity contribution in [2.45, 2.75) is 0 Å². The van der Waals surface area contributed by atoms with Gasteiger partial charge in [-0.1, -0.05) is 12.1 Å². The Hall–Kier alpha value is -4.08. The van der Waals surface area contributed by atoms with Gasteiger partial charge >= 0.3 is 18.5 Å². The van der Waals surface area contributed by atoms with Gasteiger partial charge in [0.25, 0.3) is 0 Å². The predicted octanol–water partition coefficient (Wildman–Crippen LogP) is 3.09. The van der Waals surface area contributed by atoms with Gasteiger partial charge in [0.1, 0.15) is 5.75 Å². The highest BCUT2D eigenvalue weighted by Gasteiger charge is 2.18. The van der Waals surface area contributed by atoms with Crippen LogP contribution in [-0.2, 0) is 0 Å². The van der Waals surface area contributed by atoms with E-state index in [-0.39, 0.29) is 16.9 Å². The molecule has 0 aliphatic heterocycles. The van der Waals surface area contributed by atoms with Gasteiger partial charge in [-0.25, -0.2) is 14.4 Å². The van der Waals surface area contributed by atoms with Crippen LogP contribution in [0.1, 0.15) is 15.9 Å². The van der Waals surface area contributed by atoms with E-state index in [0.717, 1.165) is 12.1 Å². The lowest BCUT2D eigenvalue weighted by Crippen LogP contribution is -2.10. The van der Waals surface area contributed by atoms with E-state index >= 15 is 0 Å². The van der Waals surface area contributed by atoms with Gasteiger partial charge in [0, 0.05) is 11.1 Å². The minimum atomic E-state index is -1.73. The third kappa shape index (κ3) is 4.71. The van der Waals surface area contributed by atoms with Gasteiger partial charge in [0.05, 0.1) is 0 Å². The van der Waals surface area contributed by atoms with Gasteiger partial charge in [-0.05, 0) is 30.3 Å². The maximum atomic E-state index is 12.5. The lowest BCUT2D eigenvalue weighted by Gasteiger charge is -2.09. The van der Waals surface area contributed by atoms with Crippen LogP contribution < -0.4 is 14.2 Å². The topological polar surface area (TPSA) is 157 Å². The summed E-state index contributed by atoms with van der Waals surface area (Å²) in [4.78, 5) is 44.4. The summed E-state index contributed by atoms with van der Waals surface area (Å²) in [6.07, 6.45) is -4.98. The van der Waals surface area contributed by atoms with Gasteiger partial charge in [-0.2, -0.15) is 0 Å². The molecule has 2 rings (SSSR count). The van der Waals surface area contributed by atoms with Crippen molar-refractivity contribution in [3.8, 4) is 17.2 Å². The molecule has 2 aromatic rings. The van der Waals surface area contributed by atoms with Crippen LogP contribution in [0.4, 0.5) is 14.4 Å². The molecule has 0 spiro atoms. The normalized spacial score (nSPS) is 9.85. The van der Waals surface area contributed by atoms with Crippen LogP contribution in [0.5, 0.6) is 17.2 Å². The molecule has 0 aliphatic rings. The summed E-state index contributed by atoms with van der Waals surface area (Å²) in [5, 5.41) is 25.9. The zero-order chi connectivity index (χ0) is 19.3. The largest absolute Gasteiger partial charge is 0.511 e. The molecule has 0 heterocycles. The maximum absolute atomic E-state index is 12.5. The smallest absolute Gasteiger partial charge is 0.449 e. The van der Waals surface area contributed by atoms with Crippen LogP contribution in [0.3, 0.4) is 0 Å². The summed E-state index contributed by atoms with van der Waals surface area (Å²) < 4.78 is 13.3. The summed E-state index contributed by atoms with van der Waals surface area (Å²) in [7, 11) is 0. The van der Waals surface area contributed by atoms with Crippen molar-refractivity contribution in [1.82, 2.24) is 0 Å². The molecule has 10 heteroatoms. The fraction of sp³-hybridized carbons (Fsp3) is 0. The highest BCUT2D eigenvalue weighted by atomic mass is 16.7. The molecule has 0 saturated carbocycles. The molecule has 0 radical (unpaired) electrons. The number of hydrogen-bond acceptors (Lipinski definition) is 7. The second kappa shape index (κ2) is 7.66. The average molecular weight is 362 g/mol. The van der Waals surface area contributed by atoms with Gasteiger partial charge in [-0.15, -0.1) is 0 Å². The Bertz CT molecular complexity index is 886. The molecule has 0 fully saturated rings. The Morgan fingerprint density at radius 2 is 1.23 bits per heavy atom. The zero-order valence-electron chi connectivity index (χ0n) is 12.7. The molecule has 0 bridgehead atoms. The Kier molecular flexibility index (Phi) is 5.38. The van der Waals surface area contributed by atoms with Crippen molar-refractivity contribution in [2.24, 2.45) is 0 Å². The Labute approximate surface area is 144 Å². The summed E-state index contributed by atoms with van der Waals surface area (Å²) in [5.74, 6) is -1.61. The maximum Gasteiger partial charge on any atom is 0.511 e. The molecule has 0 atom stereocenters. The summed E-state index contributed by atoms with van der Waals surface area (Å²) >= 11 is 0. The van der Waals surface area contributed by atoms with Gasteiger partial charge in [0.2, 0.25) is 0 Å². The summed E-state index contributed by atoms with van der Waals surface area (Å²) in [5.41, 5.74) is 0.00314. The fourth-order valence-electron chi connectivity index (χ4n) is 1.97. The molecule has 134 valence electrons. The van der Waals surface area contributed by atoms with E-state index in [4.69, 9.17) is 15.3 Å². The average Bonchev–Trinajstić information content (AvgIpc) is 2.54. The van der Waals surface area contributed by atoms with E-state index in [1.807, 2.05) is 0 Å². The molecular formula is C16H10O10. The monoisotopic (exact) mass is 362 g/mol. The lowest BCUT2D eigenvalue weighted by atomic mass is 10.0. The van der Waals surface area contributed by atoms with Crippen molar-refractivity contribution in [3.05, 3.63) is 53.6 Å². The summed E-state index contributed by atoms with van der Waals surface area (Å²) in [6, 6.07) is 8.51. The molecule has 0 aliphatic carbocycles. The van der Waals surface area contributed by atoms with Crippen LogP contribution in [0, 0.1) is 0 Å². The first-order valence-electron chi connectivity index (χ1n) is 6.77. The van der Waals surface area contributed by atoms with Crippen molar-refractivity contribution < 1.29 is 48.7 Å². The third-order valence-corrected chi connectivity index (χ3v) is 2.90. The minimum Gasteiger partial charge on any atom is -0.449 e. The first-order valence-corrected chi connectivity index (χ1v) is 6.77. The fourth-order valence-corrected chi connectivity index (χ4v) is 1.97. The Morgan fingerprint density at radius 1 is 0.654 bits per heavy atom. The number of ketones is 1. The molecule has 0 amide bonds. The second-order valence-corrected chi connectivity index (χ2v) is 4.62. The van der Waals surface area contributed by atoms with Crippen molar-refractivity contribution in [2.75, 3.05) is 0 Å². The van der Waals surface area contributed by atoms with Crippen molar-refractivity contribution >= 4 is 24.2 Å². The van der Waals surface area contributed by atoms with E-state index < -0.39 is 35.7 Å². The number of rotatable bonds is 5. The summed E-state index contributed by atoms with van der Waals surface area (Å²) in [6.45, 7) is 0. The van der Waals surface area contributed by atoms with E-state index in [1.54, 1.807) is 0 Å². The number of carbonyl (C=O) groups is 4. The van der Waals surface area contributed by atoms with Crippen LogP contribution in [-0.4, -0.2) is 39.6 Å². The number of ether oxygens (including phenoxy) is 3. The molecule has 26 heavy (non-hydrogen) atoms. The van der Waals surface area contributed by atoms with Crippen LogP contribution in [0.15, 0.2) is 42.5 Å². The van der Waals surface area contributed by atoms with Crippen molar-refractivity contribution in [3.63, 3.8) is 0 Å². The van der Waals surface area contributed by atoms with Crippen LogP contribution in [0.2, 0.25) is 0 Å². The zero-order valence-corrected chi connectivity index (χ0v) is 12.7. The molecule has 0 aromatic heterocycles. The lowest BCUT2D eigenvalue weighted by molar-refractivity contribution is 0.103. The second-order valence-electron chi connectivity index (χ2n) is 4.62. The third-order valence-electron chi connectivity index (χ3n) is 2.90. The SMILES string of the molecule is O=C(O)Oc1cccc(C(=O)c2ccc(OC(=O)O)c(OC(=O)O)c2)c1. The first kappa shape index (κ1) is 18.3. The number of carboxylic acid groups (broad SMARTS) is 3. The van der Waals surface area contributed by atoms with E-state index in [1.165, 1.54) is 30.3 Å². The quantitative estimate of drug-likeness (QED) is 0.410. The molecule has 2 aromatic carbocycles. The minimum absolute atomic E-state index is 0.0496. The molecular weight excluding hydrogens is 352 g/mol. The predicted molar refractivity (Wildman–Crippen MR) is 82.3 cm³/mol.